The van der Waals surface area contributed by atoms with Crippen molar-refractivity contribution in [2.24, 2.45) is 0 Å². The Bertz CT molecular complexity index is 1770. The van der Waals surface area contributed by atoms with Gasteiger partial charge in [0.25, 0.3) is 0 Å². The van der Waals surface area contributed by atoms with Crippen LogP contribution in [0.25, 0.3) is 68.9 Å². The molecule has 0 amide bonds. The summed E-state index contributed by atoms with van der Waals surface area (Å²) in [7, 11) is 0. The lowest BCUT2D eigenvalue weighted by atomic mass is 10.2. The Kier molecular flexibility index (Phi) is 3.32. The first-order chi connectivity index (χ1) is 14.8. The molecule has 0 atom stereocenters. The first-order valence-electron chi connectivity index (χ1n) is 9.47. The highest BCUT2D eigenvalue weighted by Gasteiger charge is 2.16. The zero-order valence-electron chi connectivity index (χ0n) is 15.2. The summed E-state index contributed by atoms with van der Waals surface area (Å²) in [4.78, 5) is 2.81. The Labute approximate surface area is 194 Å². The van der Waals surface area contributed by atoms with E-state index in [0.29, 0.717) is 0 Å². The van der Waals surface area contributed by atoms with Crippen LogP contribution in [0.1, 0.15) is 0 Å². The monoisotopic (exact) mass is 490 g/mol. The molecule has 0 saturated heterocycles. The maximum atomic E-state index is 2.41. The Balaban J connectivity index is 1.34. The fourth-order valence-electron chi connectivity index (χ4n) is 4.26. The van der Waals surface area contributed by atoms with E-state index in [2.05, 4.69) is 59.3 Å². The Morgan fingerprint density at radius 3 is 1.43 bits per heavy atom. The summed E-state index contributed by atoms with van der Waals surface area (Å²) in [6.45, 7) is 0. The first kappa shape index (κ1) is 16.8. The van der Waals surface area contributed by atoms with Crippen molar-refractivity contribution in [3.63, 3.8) is 0 Å². The van der Waals surface area contributed by atoms with Crippen LogP contribution < -0.4 is 0 Å². The van der Waals surface area contributed by atoms with Crippen LogP contribution in [0, 0.1) is 0 Å². The number of fused-ring (bicyclic) bond motifs is 8. The summed E-state index contributed by atoms with van der Waals surface area (Å²) in [5, 5.41) is 9.96. The van der Waals surface area contributed by atoms with Crippen LogP contribution in [0.3, 0.4) is 0 Å². The summed E-state index contributed by atoms with van der Waals surface area (Å²) >= 11 is 11.5. The van der Waals surface area contributed by atoms with Crippen molar-refractivity contribution in [3.8, 4) is 9.75 Å². The largest absolute Gasteiger partial charge is 0.144 e. The molecule has 0 aliphatic carbocycles. The van der Waals surface area contributed by atoms with Gasteiger partial charge >= 0.3 is 0 Å². The van der Waals surface area contributed by atoms with Crippen LogP contribution >= 0.6 is 68.0 Å². The van der Waals surface area contributed by atoms with Gasteiger partial charge in [0.05, 0.1) is 9.40 Å². The zero-order valence-corrected chi connectivity index (χ0v) is 20.1. The van der Waals surface area contributed by atoms with Crippen molar-refractivity contribution >= 4 is 127 Å². The van der Waals surface area contributed by atoms with Gasteiger partial charge in [-0.1, -0.05) is 0 Å². The maximum Gasteiger partial charge on any atom is 0.0536 e. The lowest BCUT2D eigenvalue weighted by Gasteiger charge is -1.93. The Morgan fingerprint density at radius 2 is 0.933 bits per heavy atom. The van der Waals surface area contributed by atoms with E-state index in [4.69, 9.17) is 0 Å². The van der Waals surface area contributed by atoms with Crippen LogP contribution in [0.15, 0.2) is 59.3 Å². The molecule has 8 rings (SSSR count). The van der Waals surface area contributed by atoms with Gasteiger partial charge in [-0.25, -0.2) is 0 Å². The molecule has 2 aromatic carbocycles. The van der Waals surface area contributed by atoms with Gasteiger partial charge in [-0.15, -0.1) is 68.0 Å². The van der Waals surface area contributed by atoms with E-state index < -0.39 is 0 Å². The van der Waals surface area contributed by atoms with E-state index >= 15 is 0 Å². The van der Waals surface area contributed by atoms with Crippen molar-refractivity contribution in [2.75, 3.05) is 0 Å². The van der Waals surface area contributed by atoms with Gasteiger partial charge in [-0.3, -0.25) is 0 Å². The van der Waals surface area contributed by atoms with E-state index in [0.717, 1.165) is 0 Å². The summed E-state index contributed by atoms with van der Waals surface area (Å²) < 4.78 is 11.3. The standard InChI is InChI=1S/C24H10S6/c1-3-25-15-7-13-17(5-11(1)15)27-21-9-19(29-23(13)21)20-10-22-24(30-20)14-8-16-12(2-4-26-16)6-18(14)28-22/h1-10H. The summed E-state index contributed by atoms with van der Waals surface area (Å²) in [5.74, 6) is 0. The molecular formula is C24H10S6. The van der Waals surface area contributed by atoms with Crippen LogP contribution in [0.5, 0.6) is 0 Å². The third-order valence-electron chi connectivity index (χ3n) is 5.68. The SMILES string of the molecule is c1cc2cc3sc4cc(-c5cc6sc7cc8ccsc8cc7c6s5)sc4c3cc2s1. The van der Waals surface area contributed by atoms with Crippen molar-refractivity contribution in [1.82, 2.24) is 0 Å². The molecule has 0 saturated carbocycles. The van der Waals surface area contributed by atoms with E-state index in [1.807, 2.05) is 68.0 Å². The molecule has 0 unspecified atom stereocenters. The van der Waals surface area contributed by atoms with E-state index in [-0.39, 0.29) is 0 Å². The van der Waals surface area contributed by atoms with Crippen LogP contribution in [0.4, 0.5) is 0 Å². The van der Waals surface area contributed by atoms with Crippen molar-refractivity contribution in [1.29, 1.82) is 0 Å². The van der Waals surface area contributed by atoms with E-state index in [1.54, 1.807) is 0 Å². The number of hydrogen-bond acceptors (Lipinski definition) is 6. The predicted octanol–water partition coefficient (Wildman–Crippen LogP) is 10.6. The van der Waals surface area contributed by atoms with Crippen molar-refractivity contribution in [2.45, 2.75) is 0 Å². The minimum Gasteiger partial charge on any atom is -0.144 e. The lowest BCUT2D eigenvalue weighted by molar-refractivity contribution is 2.07. The molecule has 0 nitrogen and oxygen atoms in total. The molecule has 30 heavy (non-hydrogen) atoms. The summed E-state index contributed by atoms with van der Waals surface area (Å²) in [6, 6.07) is 18.8. The van der Waals surface area contributed by atoms with Crippen LogP contribution in [-0.2, 0) is 0 Å². The minimum atomic E-state index is 1.37. The van der Waals surface area contributed by atoms with Gasteiger partial charge in [0, 0.05) is 48.7 Å². The van der Waals surface area contributed by atoms with Gasteiger partial charge < -0.3 is 0 Å². The zero-order chi connectivity index (χ0) is 19.4. The first-order valence-corrected chi connectivity index (χ1v) is 14.5. The fourth-order valence-corrected chi connectivity index (χ4v) is 11.0. The van der Waals surface area contributed by atoms with Gasteiger partial charge in [0.1, 0.15) is 0 Å². The van der Waals surface area contributed by atoms with Crippen molar-refractivity contribution in [3.05, 3.63) is 59.3 Å². The van der Waals surface area contributed by atoms with Gasteiger partial charge in [-0.2, -0.15) is 0 Å². The van der Waals surface area contributed by atoms with Crippen LogP contribution in [-0.4, -0.2) is 0 Å². The van der Waals surface area contributed by atoms with Gasteiger partial charge in [0.2, 0.25) is 0 Å². The molecule has 142 valence electrons. The Hall–Kier alpha value is -1.80. The molecule has 6 aromatic heterocycles. The summed E-state index contributed by atoms with van der Waals surface area (Å²) in [6.07, 6.45) is 0. The molecule has 0 aliphatic heterocycles. The van der Waals surface area contributed by atoms with Gasteiger partial charge in [-0.05, 0) is 70.1 Å². The average Bonchev–Trinajstić information content (AvgIpc) is 3.52. The molecule has 0 bridgehead atoms. The number of thiophene rings is 6. The predicted molar refractivity (Wildman–Crippen MR) is 144 cm³/mol. The van der Waals surface area contributed by atoms with Crippen LogP contribution in [0.2, 0.25) is 0 Å². The molecule has 0 spiro atoms. The normalized spacial score (nSPS) is 12.7. The number of hydrogen-bond donors (Lipinski definition) is 0. The number of benzene rings is 2. The highest BCUT2D eigenvalue weighted by atomic mass is 32.1. The molecular weight excluding hydrogens is 481 g/mol. The fraction of sp³-hybridized carbons (Fsp3) is 0. The third kappa shape index (κ3) is 2.24. The number of rotatable bonds is 1. The minimum absolute atomic E-state index is 1.37. The highest BCUT2D eigenvalue weighted by molar-refractivity contribution is 7.37. The van der Waals surface area contributed by atoms with E-state index in [9.17, 15) is 0 Å². The lowest BCUT2D eigenvalue weighted by Crippen LogP contribution is -1.64. The molecule has 6 heteroatoms. The molecule has 0 N–H and O–H groups in total. The third-order valence-corrected chi connectivity index (χ3v) is 12.4. The highest BCUT2D eigenvalue weighted by Crippen LogP contribution is 2.49. The average molecular weight is 491 g/mol. The molecule has 0 aliphatic rings. The molecule has 6 heterocycles. The topological polar surface area (TPSA) is 0 Å². The molecule has 8 aromatic rings. The second kappa shape index (κ2) is 5.91. The van der Waals surface area contributed by atoms with Crippen molar-refractivity contribution < 1.29 is 0 Å². The van der Waals surface area contributed by atoms with Gasteiger partial charge in [0.15, 0.2) is 0 Å². The molecule has 0 radical (unpaired) electrons. The summed E-state index contributed by atoms with van der Waals surface area (Å²) in [5.41, 5.74) is 0. The second-order valence-corrected chi connectivity index (χ2v) is 13.6. The maximum absolute atomic E-state index is 2.41. The second-order valence-electron chi connectivity index (χ2n) is 7.43. The molecule has 0 fully saturated rings. The van der Waals surface area contributed by atoms with E-state index in [1.165, 1.54) is 68.9 Å². The Morgan fingerprint density at radius 1 is 0.433 bits per heavy atom. The smallest absolute Gasteiger partial charge is 0.0536 e. The quantitative estimate of drug-likeness (QED) is 0.215.